The zero-order chi connectivity index (χ0) is 20.9. The van der Waals surface area contributed by atoms with Crippen LogP contribution in [-0.4, -0.2) is 29.5 Å². The summed E-state index contributed by atoms with van der Waals surface area (Å²) in [4.78, 5) is 25.3. The lowest BCUT2D eigenvalue weighted by atomic mass is 9.90. The lowest BCUT2D eigenvalue weighted by molar-refractivity contribution is -0.117. The van der Waals surface area contributed by atoms with Crippen molar-refractivity contribution in [2.24, 2.45) is 5.92 Å². The van der Waals surface area contributed by atoms with Gasteiger partial charge in [0.15, 0.2) is 17.3 Å². The number of ether oxygens (including phenoxy) is 2. The Morgan fingerprint density at radius 2 is 1.74 bits per heavy atom. The van der Waals surface area contributed by atoms with E-state index in [1.807, 2.05) is 48.7 Å². The lowest BCUT2D eigenvalue weighted by Crippen LogP contribution is -2.16. The third-order valence-electron chi connectivity index (χ3n) is 6.28. The summed E-state index contributed by atoms with van der Waals surface area (Å²) in [6, 6.07) is 15.6. The minimum Gasteiger partial charge on any atom is -0.486 e. The summed E-state index contributed by atoms with van der Waals surface area (Å²) >= 11 is 0. The van der Waals surface area contributed by atoms with Gasteiger partial charge < -0.3 is 19.4 Å². The molecule has 1 aliphatic carbocycles. The van der Waals surface area contributed by atoms with Gasteiger partial charge in [0, 0.05) is 47.5 Å². The van der Waals surface area contributed by atoms with Crippen molar-refractivity contribution in [2.75, 3.05) is 18.5 Å². The van der Waals surface area contributed by atoms with E-state index >= 15 is 0 Å². The number of benzene rings is 2. The fourth-order valence-electron chi connectivity index (χ4n) is 4.48. The maximum atomic E-state index is 13.3. The molecule has 31 heavy (non-hydrogen) atoms. The average molecular weight is 414 g/mol. The Balaban J connectivity index is 1.36. The Morgan fingerprint density at radius 1 is 1.00 bits per heavy atom. The number of Topliss-reactive ketones (excluding diaryl/α,β-unsaturated/α-hetero) is 1. The number of fused-ring (bicyclic) bond motifs is 4. The Bertz CT molecular complexity index is 1190. The molecule has 0 radical (unpaired) electrons. The van der Waals surface area contributed by atoms with Gasteiger partial charge >= 0.3 is 0 Å². The molecule has 156 valence electrons. The SMILES string of the molecule is O=C1C[C@H](c2ccc(NC(=O)C3CC3)cc2)c2cccn2-c2cc3c(cc21)OCCO3. The van der Waals surface area contributed by atoms with Crippen LogP contribution in [0.15, 0.2) is 54.7 Å². The van der Waals surface area contributed by atoms with Crippen molar-refractivity contribution in [3.05, 3.63) is 71.5 Å². The molecule has 1 saturated carbocycles. The molecule has 2 aromatic carbocycles. The van der Waals surface area contributed by atoms with Gasteiger partial charge in [-0.2, -0.15) is 0 Å². The molecule has 6 nitrogen and oxygen atoms in total. The van der Waals surface area contributed by atoms with E-state index in [4.69, 9.17) is 9.47 Å². The van der Waals surface area contributed by atoms with E-state index < -0.39 is 0 Å². The van der Waals surface area contributed by atoms with Crippen LogP contribution in [-0.2, 0) is 4.79 Å². The summed E-state index contributed by atoms with van der Waals surface area (Å²) in [6.07, 6.45) is 4.31. The standard InChI is InChI=1S/C25H22N2O4/c28-22-12-18(15-5-7-17(8-6-15)26-25(29)16-3-4-16)20-2-1-9-27(20)21-14-24-23(13-19(21)22)30-10-11-31-24/h1-2,5-9,13-14,16,18H,3-4,10-12H2,(H,26,29)/t18-/m1/s1. The zero-order valence-corrected chi connectivity index (χ0v) is 17.0. The molecular formula is C25H22N2O4. The molecule has 6 rings (SSSR count). The number of nitrogens with one attached hydrogen (secondary N) is 1. The van der Waals surface area contributed by atoms with Gasteiger partial charge in [-0.1, -0.05) is 12.1 Å². The van der Waals surface area contributed by atoms with Crippen molar-refractivity contribution < 1.29 is 19.1 Å². The number of aromatic nitrogens is 1. The van der Waals surface area contributed by atoms with Crippen molar-refractivity contribution in [3.8, 4) is 17.2 Å². The van der Waals surface area contributed by atoms with Gasteiger partial charge in [0.1, 0.15) is 13.2 Å². The average Bonchev–Trinajstić information content (AvgIpc) is 3.56. The molecule has 0 saturated heterocycles. The van der Waals surface area contributed by atoms with E-state index in [0.717, 1.165) is 35.5 Å². The highest BCUT2D eigenvalue weighted by atomic mass is 16.6. The van der Waals surface area contributed by atoms with E-state index in [0.29, 0.717) is 36.7 Å². The number of anilines is 1. The lowest BCUT2D eigenvalue weighted by Gasteiger charge is -2.21. The van der Waals surface area contributed by atoms with Crippen molar-refractivity contribution in [1.29, 1.82) is 0 Å². The van der Waals surface area contributed by atoms with Crippen LogP contribution in [0.3, 0.4) is 0 Å². The normalized spacial score (nSPS) is 19.2. The van der Waals surface area contributed by atoms with E-state index in [1.54, 1.807) is 0 Å². The van der Waals surface area contributed by atoms with E-state index in [9.17, 15) is 9.59 Å². The molecule has 0 spiro atoms. The second kappa shape index (κ2) is 7.01. The van der Waals surface area contributed by atoms with Gasteiger partial charge in [-0.25, -0.2) is 0 Å². The van der Waals surface area contributed by atoms with Crippen LogP contribution in [0.4, 0.5) is 5.69 Å². The molecule has 0 unspecified atom stereocenters. The smallest absolute Gasteiger partial charge is 0.227 e. The largest absolute Gasteiger partial charge is 0.486 e. The molecule has 3 aliphatic rings. The van der Waals surface area contributed by atoms with E-state index in [-0.39, 0.29) is 23.5 Å². The summed E-state index contributed by atoms with van der Waals surface area (Å²) in [5.74, 6) is 1.55. The molecule has 1 atom stereocenters. The third-order valence-corrected chi connectivity index (χ3v) is 6.28. The van der Waals surface area contributed by atoms with Crippen LogP contribution >= 0.6 is 0 Å². The summed E-state index contributed by atoms with van der Waals surface area (Å²) in [6.45, 7) is 0.992. The minimum atomic E-state index is -0.0815. The second-order valence-electron chi connectivity index (χ2n) is 8.38. The van der Waals surface area contributed by atoms with Gasteiger partial charge in [0.25, 0.3) is 0 Å². The Labute approximate surface area is 179 Å². The zero-order valence-electron chi connectivity index (χ0n) is 17.0. The number of nitrogens with zero attached hydrogens (tertiary/aromatic N) is 1. The number of carbonyl (C=O) groups is 2. The van der Waals surface area contributed by atoms with Crippen LogP contribution in [0.1, 0.15) is 46.8 Å². The molecule has 6 heteroatoms. The first kappa shape index (κ1) is 18.2. The van der Waals surface area contributed by atoms with Gasteiger partial charge in [-0.15, -0.1) is 0 Å². The molecule has 0 bridgehead atoms. The predicted molar refractivity (Wildman–Crippen MR) is 115 cm³/mol. The highest BCUT2D eigenvalue weighted by Crippen LogP contribution is 2.41. The van der Waals surface area contributed by atoms with Crippen LogP contribution in [0.25, 0.3) is 5.69 Å². The van der Waals surface area contributed by atoms with Gasteiger partial charge in [-0.05, 0) is 48.7 Å². The van der Waals surface area contributed by atoms with Crippen molar-refractivity contribution in [3.63, 3.8) is 0 Å². The highest BCUT2D eigenvalue weighted by molar-refractivity contribution is 6.01. The topological polar surface area (TPSA) is 69.6 Å². The predicted octanol–water partition coefficient (Wildman–Crippen LogP) is 4.32. The Morgan fingerprint density at radius 3 is 2.48 bits per heavy atom. The molecule has 1 amide bonds. The molecule has 3 heterocycles. The van der Waals surface area contributed by atoms with Gasteiger partial charge in [0.05, 0.1) is 5.69 Å². The number of amides is 1. The van der Waals surface area contributed by atoms with Crippen molar-refractivity contribution in [2.45, 2.75) is 25.2 Å². The Hall–Kier alpha value is -3.54. The van der Waals surface area contributed by atoms with Crippen LogP contribution < -0.4 is 14.8 Å². The van der Waals surface area contributed by atoms with Crippen LogP contribution in [0, 0.1) is 5.92 Å². The fraction of sp³-hybridized carbons (Fsp3) is 0.280. The number of hydrogen-bond donors (Lipinski definition) is 1. The first-order chi connectivity index (χ1) is 15.2. The summed E-state index contributed by atoms with van der Waals surface area (Å²) in [5, 5.41) is 2.98. The second-order valence-corrected chi connectivity index (χ2v) is 8.38. The molecule has 3 aromatic rings. The van der Waals surface area contributed by atoms with Crippen LogP contribution in [0.5, 0.6) is 11.5 Å². The quantitative estimate of drug-likeness (QED) is 0.693. The first-order valence-corrected chi connectivity index (χ1v) is 10.7. The number of hydrogen-bond acceptors (Lipinski definition) is 4. The maximum absolute atomic E-state index is 13.3. The van der Waals surface area contributed by atoms with E-state index in [1.165, 1.54) is 0 Å². The van der Waals surface area contributed by atoms with Crippen molar-refractivity contribution >= 4 is 17.4 Å². The van der Waals surface area contributed by atoms with Gasteiger partial charge in [-0.3, -0.25) is 9.59 Å². The molecule has 1 fully saturated rings. The molecular weight excluding hydrogens is 392 g/mol. The number of rotatable bonds is 3. The van der Waals surface area contributed by atoms with Crippen molar-refractivity contribution in [1.82, 2.24) is 4.57 Å². The minimum absolute atomic E-state index is 0.0757. The summed E-state index contributed by atoms with van der Waals surface area (Å²) in [5.41, 5.74) is 4.37. The summed E-state index contributed by atoms with van der Waals surface area (Å²) < 4.78 is 13.5. The molecule has 2 aliphatic heterocycles. The molecule has 1 N–H and O–H groups in total. The third kappa shape index (κ3) is 3.19. The first-order valence-electron chi connectivity index (χ1n) is 10.7. The highest BCUT2D eigenvalue weighted by Gasteiger charge is 2.31. The van der Waals surface area contributed by atoms with Crippen LogP contribution in [0.2, 0.25) is 0 Å². The number of ketones is 1. The van der Waals surface area contributed by atoms with Gasteiger partial charge in [0.2, 0.25) is 5.91 Å². The monoisotopic (exact) mass is 414 g/mol. The number of carbonyl (C=O) groups excluding carboxylic acids is 2. The maximum Gasteiger partial charge on any atom is 0.227 e. The Kier molecular flexibility index (Phi) is 4.13. The fourth-order valence-corrected chi connectivity index (χ4v) is 4.48. The van der Waals surface area contributed by atoms with E-state index in [2.05, 4.69) is 16.0 Å². The summed E-state index contributed by atoms with van der Waals surface area (Å²) in [7, 11) is 0. The molecule has 1 aromatic heterocycles.